The summed E-state index contributed by atoms with van der Waals surface area (Å²) in [6.45, 7) is 9.92. The number of nitrogens with one attached hydrogen (secondary N) is 3. The summed E-state index contributed by atoms with van der Waals surface area (Å²) in [6.07, 6.45) is 1.86. The Morgan fingerprint density at radius 3 is 2.46 bits per heavy atom. The standard InChI is InChI=1S/C29H38FN5O4/c1-29(2,3)33-26(36)21-7-4-6-20(16-21)19-34-11-13-35(14-12-34)27(37)22-9-10-25(24(30)17-22)32-28(38)31-18-23-8-5-15-39-23/h4,6-7,9-10,16-17,23H,5,8,11-15,18-19H2,1-3H3,(H,33,36)(H2,31,32,38)/t23-/m1/s1. The molecular weight excluding hydrogens is 501 g/mol. The quantitative estimate of drug-likeness (QED) is 0.499. The van der Waals surface area contributed by atoms with Crippen molar-refractivity contribution in [1.29, 1.82) is 0 Å². The molecule has 4 rings (SSSR count). The average molecular weight is 540 g/mol. The summed E-state index contributed by atoms with van der Waals surface area (Å²) in [5.74, 6) is -1.02. The van der Waals surface area contributed by atoms with E-state index in [4.69, 9.17) is 4.74 Å². The average Bonchev–Trinajstić information content (AvgIpc) is 3.42. The maximum absolute atomic E-state index is 14.7. The minimum atomic E-state index is -0.665. The summed E-state index contributed by atoms with van der Waals surface area (Å²) >= 11 is 0. The second-order valence-corrected chi connectivity index (χ2v) is 11.1. The molecule has 0 bridgehead atoms. The van der Waals surface area contributed by atoms with Crippen molar-refractivity contribution in [3.63, 3.8) is 0 Å². The van der Waals surface area contributed by atoms with E-state index in [2.05, 4.69) is 20.9 Å². The van der Waals surface area contributed by atoms with Gasteiger partial charge in [-0.3, -0.25) is 14.5 Å². The second kappa shape index (κ2) is 12.6. The maximum atomic E-state index is 14.7. The van der Waals surface area contributed by atoms with Gasteiger partial charge in [-0.25, -0.2) is 9.18 Å². The number of urea groups is 1. The number of ether oxygens (including phenoxy) is 1. The van der Waals surface area contributed by atoms with Gasteiger partial charge in [-0.2, -0.15) is 0 Å². The molecule has 2 aliphatic heterocycles. The van der Waals surface area contributed by atoms with Crippen LogP contribution in [0.1, 0.15) is 59.9 Å². The SMILES string of the molecule is CC(C)(C)NC(=O)c1cccc(CN2CCN(C(=O)c3ccc(NC(=O)NC[C@H]4CCCO4)c(F)c3)CC2)c1. The van der Waals surface area contributed by atoms with Crippen molar-refractivity contribution in [1.82, 2.24) is 20.4 Å². The third-order valence-electron chi connectivity index (χ3n) is 6.72. The predicted octanol–water partition coefficient (Wildman–Crippen LogP) is 3.61. The summed E-state index contributed by atoms with van der Waals surface area (Å²) in [7, 11) is 0. The van der Waals surface area contributed by atoms with Crippen LogP contribution in [0.3, 0.4) is 0 Å². The largest absolute Gasteiger partial charge is 0.376 e. The van der Waals surface area contributed by atoms with E-state index in [1.54, 1.807) is 11.0 Å². The molecule has 3 N–H and O–H groups in total. The molecule has 0 unspecified atom stereocenters. The Balaban J connectivity index is 1.26. The normalized spacial score (nSPS) is 18.1. The first kappa shape index (κ1) is 28.5. The molecule has 2 heterocycles. The Kier molecular flexibility index (Phi) is 9.19. The van der Waals surface area contributed by atoms with E-state index in [0.717, 1.165) is 18.4 Å². The van der Waals surface area contributed by atoms with Gasteiger partial charge < -0.3 is 25.6 Å². The van der Waals surface area contributed by atoms with Gasteiger partial charge in [-0.15, -0.1) is 0 Å². The number of anilines is 1. The predicted molar refractivity (Wildman–Crippen MR) is 147 cm³/mol. The van der Waals surface area contributed by atoms with Crippen LogP contribution in [0.4, 0.5) is 14.9 Å². The highest BCUT2D eigenvalue weighted by atomic mass is 19.1. The molecular formula is C29H38FN5O4. The Hall–Kier alpha value is -3.50. The van der Waals surface area contributed by atoms with Gasteiger partial charge in [-0.05, 0) is 69.5 Å². The van der Waals surface area contributed by atoms with Crippen molar-refractivity contribution in [2.75, 3.05) is 44.6 Å². The van der Waals surface area contributed by atoms with Crippen molar-refractivity contribution >= 4 is 23.5 Å². The van der Waals surface area contributed by atoms with Crippen LogP contribution >= 0.6 is 0 Å². The summed E-state index contributed by atoms with van der Waals surface area (Å²) in [5, 5.41) is 8.16. The van der Waals surface area contributed by atoms with Gasteiger partial charge in [0, 0.05) is 62.5 Å². The molecule has 0 aliphatic carbocycles. The third-order valence-corrected chi connectivity index (χ3v) is 6.72. The lowest BCUT2D eigenvalue weighted by molar-refractivity contribution is 0.0627. The smallest absolute Gasteiger partial charge is 0.319 e. The van der Waals surface area contributed by atoms with Crippen molar-refractivity contribution in [3.8, 4) is 0 Å². The number of halogens is 1. The van der Waals surface area contributed by atoms with E-state index >= 15 is 0 Å². The molecule has 39 heavy (non-hydrogen) atoms. The zero-order valence-corrected chi connectivity index (χ0v) is 22.9. The van der Waals surface area contributed by atoms with E-state index in [1.165, 1.54) is 18.2 Å². The molecule has 10 heteroatoms. The fourth-order valence-corrected chi connectivity index (χ4v) is 4.70. The first-order valence-corrected chi connectivity index (χ1v) is 13.5. The van der Waals surface area contributed by atoms with E-state index in [9.17, 15) is 18.8 Å². The summed E-state index contributed by atoms with van der Waals surface area (Å²) in [6, 6.07) is 11.2. The molecule has 2 aromatic carbocycles. The van der Waals surface area contributed by atoms with Gasteiger partial charge in [-0.1, -0.05) is 12.1 Å². The van der Waals surface area contributed by atoms with E-state index in [-0.39, 0.29) is 34.7 Å². The van der Waals surface area contributed by atoms with Gasteiger partial charge in [0.2, 0.25) is 0 Å². The van der Waals surface area contributed by atoms with Crippen molar-refractivity contribution < 1.29 is 23.5 Å². The van der Waals surface area contributed by atoms with Gasteiger partial charge in [0.05, 0.1) is 11.8 Å². The maximum Gasteiger partial charge on any atom is 0.319 e. The van der Waals surface area contributed by atoms with E-state index in [1.807, 2.05) is 39.0 Å². The summed E-state index contributed by atoms with van der Waals surface area (Å²) < 4.78 is 20.2. The molecule has 2 aliphatic rings. The van der Waals surface area contributed by atoms with Crippen LogP contribution in [0.25, 0.3) is 0 Å². The number of piperazine rings is 1. The highest BCUT2D eigenvalue weighted by Gasteiger charge is 2.24. The summed E-state index contributed by atoms with van der Waals surface area (Å²) in [4.78, 5) is 41.6. The lowest BCUT2D eigenvalue weighted by atomic mass is 10.1. The number of benzene rings is 2. The fourth-order valence-electron chi connectivity index (χ4n) is 4.70. The lowest BCUT2D eigenvalue weighted by Crippen LogP contribution is -2.48. The van der Waals surface area contributed by atoms with Crippen LogP contribution in [-0.4, -0.2) is 78.6 Å². The summed E-state index contributed by atoms with van der Waals surface area (Å²) in [5.41, 5.74) is 1.59. The highest BCUT2D eigenvalue weighted by molar-refractivity contribution is 5.96. The Morgan fingerprint density at radius 2 is 1.79 bits per heavy atom. The molecule has 2 saturated heterocycles. The number of hydrogen-bond acceptors (Lipinski definition) is 5. The fraction of sp³-hybridized carbons (Fsp3) is 0.483. The molecule has 2 aromatic rings. The molecule has 0 aromatic heterocycles. The van der Waals surface area contributed by atoms with Gasteiger partial charge >= 0.3 is 6.03 Å². The monoisotopic (exact) mass is 539 g/mol. The Morgan fingerprint density at radius 1 is 1.03 bits per heavy atom. The molecule has 4 amide bonds. The zero-order chi connectivity index (χ0) is 28.0. The first-order chi connectivity index (χ1) is 18.6. The highest BCUT2D eigenvalue weighted by Crippen LogP contribution is 2.19. The molecule has 0 spiro atoms. The minimum Gasteiger partial charge on any atom is -0.376 e. The van der Waals surface area contributed by atoms with E-state index < -0.39 is 11.8 Å². The van der Waals surface area contributed by atoms with Crippen molar-refractivity contribution in [2.45, 2.75) is 51.8 Å². The first-order valence-electron chi connectivity index (χ1n) is 13.5. The van der Waals surface area contributed by atoms with Crippen molar-refractivity contribution in [3.05, 3.63) is 65.0 Å². The third kappa shape index (κ3) is 8.24. The Labute approximate surface area is 229 Å². The van der Waals surface area contributed by atoms with Crippen LogP contribution in [-0.2, 0) is 11.3 Å². The number of carbonyl (C=O) groups is 3. The zero-order valence-electron chi connectivity index (χ0n) is 22.9. The number of hydrogen-bond donors (Lipinski definition) is 3. The van der Waals surface area contributed by atoms with Crippen LogP contribution in [0.5, 0.6) is 0 Å². The molecule has 1 atom stereocenters. The topological polar surface area (TPSA) is 103 Å². The van der Waals surface area contributed by atoms with Crippen LogP contribution in [0, 0.1) is 5.82 Å². The van der Waals surface area contributed by atoms with Crippen LogP contribution < -0.4 is 16.0 Å². The number of rotatable bonds is 7. The molecule has 210 valence electrons. The number of amides is 4. The van der Waals surface area contributed by atoms with Crippen molar-refractivity contribution in [2.24, 2.45) is 0 Å². The number of nitrogens with zero attached hydrogens (tertiary/aromatic N) is 2. The van der Waals surface area contributed by atoms with Gasteiger partial charge in [0.25, 0.3) is 11.8 Å². The van der Waals surface area contributed by atoms with E-state index in [0.29, 0.717) is 51.4 Å². The minimum absolute atomic E-state index is 0.00819. The second-order valence-electron chi connectivity index (χ2n) is 11.1. The molecule has 0 radical (unpaired) electrons. The molecule has 0 saturated carbocycles. The lowest BCUT2D eigenvalue weighted by Gasteiger charge is -2.35. The van der Waals surface area contributed by atoms with Crippen LogP contribution in [0.2, 0.25) is 0 Å². The number of carbonyl (C=O) groups excluding carboxylic acids is 3. The van der Waals surface area contributed by atoms with Gasteiger partial charge in [0.15, 0.2) is 0 Å². The van der Waals surface area contributed by atoms with Gasteiger partial charge in [0.1, 0.15) is 5.82 Å². The molecule has 2 fully saturated rings. The Bertz CT molecular complexity index is 1180. The molecule has 9 nitrogen and oxygen atoms in total. The van der Waals surface area contributed by atoms with Crippen LogP contribution in [0.15, 0.2) is 42.5 Å².